The summed E-state index contributed by atoms with van der Waals surface area (Å²) in [6, 6.07) is 1.33. The van der Waals surface area contributed by atoms with Crippen molar-refractivity contribution in [3.05, 3.63) is 0 Å². The fraction of sp³-hybridized carbons (Fsp3) is 1.00. The van der Waals surface area contributed by atoms with E-state index >= 15 is 0 Å². The molecule has 2 nitrogen and oxygen atoms in total. The van der Waals surface area contributed by atoms with Gasteiger partial charge in [-0.3, -0.25) is 4.90 Å². The summed E-state index contributed by atoms with van der Waals surface area (Å²) in [7, 11) is 0. The van der Waals surface area contributed by atoms with Gasteiger partial charge in [-0.1, -0.05) is 13.8 Å². The lowest BCUT2D eigenvalue weighted by Crippen LogP contribution is -2.55. The molecule has 1 aliphatic carbocycles. The Morgan fingerprint density at radius 3 is 2.47 bits per heavy atom. The molecule has 4 rings (SSSR count). The Hall–Kier alpha value is -0.0800. The summed E-state index contributed by atoms with van der Waals surface area (Å²) in [5.74, 6) is 3.64. The molecule has 0 spiro atoms. The van der Waals surface area contributed by atoms with Crippen LogP contribution in [0.15, 0.2) is 0 Å². The van der Waals surface area contributed by atoms with Crippen molar-refractivity contribution >= 4 is 0 Å². The van der Waals surface area contributed by atoms with E-state index in [9.17, 15) is 0 Å². The Bertz CT molecular complexity index is 268. The Morgan fingerprint density at radius 2 is 1.82 bits per heavy atom. The summed E-state index contributed by atoms with van der Waals surface area (Å²) in [5, 5.41) is 0. The monoisotopic (exact) mass is 236 g/mol. The first-order chi connectivity index (χ1) is 8.16. The summed E-state index contributed by atoms with van der Waals surface area (Å²) in [4.78, 5) is 2.80. The molecule has 2 heteroatoms. The normalized spacial score (nSPS) is 46.2. The number of nitrogens with zero attached hydrogens (tertiary/aromatic N) is 1. The molecule has 0 aromatic rings. The van der Waals surface area contributed by atoms with E-state index in [0.29, 0.717) is 12.0 Å². The highest BCUT2D eigenvalue weighted by Crippen LogP contribution is 2.49. The van der Waals surface area contributed by atoms with Gasteiger partial charge < -0.3 is 5.73 Å². The third-order valence-electron chi connectivity index (χ3n) is 5.83. The van der Waals surface area contributed by atoms with E-state index in [1.807, 2.05) is 0 Å². The van der Waals surface area contributed by atoms with Crippen LogP contribution >= 0.6 is 0 Å². The van der Waals surface area contributed by atoms with Crippen LogP contribution in [0.25, 0.3) is 0 Å². The molecule has 3 heterocycles. The second-order valence-electron chi connectivity index (χ2n) is 7.01. The van der Waals surface area contributed by atoms with Gasteiger partial charge in [0.2, 0.25) is 0 Å². The van der Waals surface area contributed by atoms with Gasteiger partial charge in [-0.15, -0.1) is 0 Å². The van der Waals surface area contributed by atoms with E-state index in [1.54, 1.807) is 0 Å². The van der Waals surface area contributed by atoms with Crippen LogP contribution in [0.5, 0.6) is 0 Å². The maximum atomic E-state index is 6.30. The van der Waals surface area contributed by atoms with Crippen LogP contribution in [0.1, 0.15) is 46.0 Å². The molecule has 4 unspecified atom stereocenters. The van der Waals surface area contributed by atoms with Crippen LogP contribution < -0.4 is 5.73 Å². The van der Waals surface area contributed by atoms with Crippen molar-refractivity contribution in [3.8, 4) is 0 Å². The van der Waals surface area contributed by atoms with Gasteiger partial charge in [-0.25, -0.2) is 0 Å². The van der Waals surface area contributed by atoms with Gasteiger partial charge in [0.1, 0.15) is 0 Å². The van der Waals surface area contributed by atoms with Gasteiger partial charge in [0, 0.05) is 12.1 Å². The van der Waals surface area contributed by atoms with E-state index in [4.69, 9.17) is 5.73 Å². The van der Waals surface area contributed by atoms with E-state index in [2.05, 4.69) is 18.7 Å². The molecule has 1 saturated carbocycles. The Kier molecular flexibility index (Phi) is 3.20. The highest BCUT2D eigenvalue weighted by Gasteiger charge is 2.49. The van der Waals surface area contributed by atoms with E-state index in [1.165, 1.54) is 45.2 Å². The number of nitrogens with two attached hydrogens (primary N) is 1. The standard InChI is InChI=1S/C15H28N2/c1-10(2)14(16)9-12-3-4-13-11-5-7-17(8-6-11)15(12)13/h10-15H,3-9,16H2,1-2H3. The third kappa shape index (κ3) is 2.04. The molecule has 4 fully saturated rings. The quantitative estimate of drug-likeness (QED) is 0.815. The predicted octanol–water partition coefficient (Wildman–Crippen LogP) is 2.48. The Labute approximate surface area is 106 Å². The van der Waals surface area contributed by atoms with Crippen LogP contribution in [-0.2, 0) is 0 Å². The molecule has 17 heavy (non-hydrogen) atoms. The van der Waals surface area contributed by atoms with Gasteiger partial charge in [-0.05, 0) is 68.9 Å². The summed E-state index contributed by atoms with van der Waals surface area (Å²) in [6.45, 7) is 7.29. The molecule has 0 radical (unpaired) electrons. The molecule has 4 atom stereocenters. The maximum absolute atomic E-state index is 6.30. The van der Waals surface area contributed by atoms with Gasteiger partial charge >= 0.3 is 0 Å². The molecular formula is C15H28N2. The number of piperidine rings is 3. The van der Waals surface area contributed by atoms with Crippen molar-refractivity contribution in [1.82, 2.24) is 4.90 Å². The van der Waals surface area contributed by atoms with Gasteiger partial charge in [0.15, 0.2) is 0 Å². The van der Waals surface area contributed by atoms with Crippen molar-refractivity contribution in [1.29, 1.82) is 0 Å². The zero-order chi connectivity index (χ0) is 12.0. The molecule has 0 aromatic heterocycles. The second kappa shape index (κ2) is 4.55. The molecule has 98 valence electrons. The fourth-order valence-electron chi connectivity index (χ4n) is 4.71. The van der Waals surface area contributed by atoms with Gasteiger partial charge in [0.25, 0.3) is 0 Å². The fourth-order valence-corrected chi connectivity index (χ4v) is 4.71. The molecule has 0 amide bonds. The zero-order valence-electron chi connectivity index (χ0n) is 11.4. The zero-order valence-corrected chi connectivity index (χ0v) is 11.4. The lowest BCUT2D eigenvalue weighted by Gasteiger charge is -2.50. The van der Waals surface area contributed by atoms with Crippen LogP contribution in [-0.4, -0.2) is 30.1 Å². The maximum Gasteiger partial charge on any atom is 0.0155 e. The Balaban J connectivity index is 1.68. The van der Waals surface area contributed by atoms with Gasteiger partial charge in [0.05, 0.1) is 0 Å². The first-order valence-corrected chi connectivity index (χ1v) is 7.66. The second-order valence-corrected chi connectivity index (χ2v) is 7.01. The molecular weight excluding hydrogens is 208 g/mol. The van der Waals surface area contributed by atoms with Crippen molar-refractivity contribution in [2.45, 2.75) is 58.0 Å². The summed E-state index contributed by atoms with van der Waals surface area (Å²) in [6.07, 6.45) is 7.15. The van der Waals surface area contributed by atoms with Crippen molar-refractivity contribution < 1.29 is 0 Å². The number of hydrogen-bond acceptors (Lipinski definition) is 2. The molecule has 3 saturated heterocycles. The summed E-state index contributed by atoms with van der Waals surface area (Å²) >= 11 is 0. The van der Waals surface area contributed by atoms with E-state index in [0.717, 1.165) is 23.8 Å². The molecule has 3 aliphatic heterocycles. The molecule has 2 N–H and O–H groups in total. The number of rotatable bonds is 3. The summed E-state index contributed by atoms with van der Waals surface area (Å²) < 4.78 is 0. The Morgan fingerprint density at radius 1 is 1.12 bits per heavy atom. The largest absolute Gasteiger partial charge is 0.327 e. The lowest BCUT2D eigenvalue weighted by molar-refractivity contribution is -0.0125. The van der Waals surface area contributed by atoms with Crippen LogP contribution in [0.2, 0.25) is 0 Å². The predicted molar refractivity (Wildman–Crippen MR) is 71.7 cm³/mol. The highest BCUT2D eigenvalue weighted by atomic mass is 15.2. The smallest absolute Gasteiger partial charge is 0.0155 e. The molecule has 4 aliphatic rings. The van der Waals surface area contributed by atoms with Crippen LogP contribution in [0.3, 0.4) is 0 Å². The van der Waals surface area contributed by atoms with E-state index < -0.39 is 0 Å². The average molecular weight is 236 g/mol. The highest BCUT2D eigenvalue weighted by molar-refractivity contribution is 5.02. The minimum Gasteiger partial charge on any atom is -0.327 e. The minimum absolute atomic E-state index is 0.417. The first kappa shape index (κ1) is 12.0. The molecule has 0 aromatic carbocycles. The SMILES string of the molecule is CC(C)C(N)CC1CCC2C3CCN(CC3)C12. The average Bonchev–Trinajstić information content (AvgIpc) is 2.76. The van der Waals surface area contributed by atoms with E-state index in [-0.39, 0.29) is 0 Å². The van der Waals surface area contributed by atoms with Crippen molar-refractivity contribution in [2.24, 2.45) is 29.4 Å². The van der Waals surface area contributed by atoms with Crippen LogP contribution in [0, 0.1) is 23.7 Å². The van der Waals surface area contributed by atoms with Crippen molar-refractivity contribution in [3.63, 3.8) is 0 Å². The third-order valence-corrected chi connectivity index (χ3v) is 5.83. The first-order valence-electron chi connectivity index (χ1n) is 7.66. The topological polar surface area (TPSA) is 29.3 Å². The lowest BCUT2D eigenvalue weighted by atomic mass is 9.73. The minimum atomic E-state index is 0.417. The number of hydrogen-bond donors (Lipinski definition) is 1. The van der Waals surface area contributed by atoms with Crippen LogP contribution in [0.4, 0.5) is 0 Å². The number of fused-ring (bicyclic) bond motifs is 2. The van der Waals surface area contributed by atoms with Crippen molar-refractivity contribution in [2.75, 3.05) is 13.1 Å². The molecule has 2 bridgehead atoms. The summed E-state index contributed by atoms with van der Waals surface area (Å²) in [5.41, 5.74) is 6.30. The van der Waals surface area contributed by atoms with Gasteiger partial charge in [-0.2, -0.15) is 0 Å².